The van der Waals surface area contributed by atoms with Crippen LogP contribution in [0, 0.1) is 18.6 Å². The van der Waals surface area contributed by atoms with Crippen LogP contribution in [0.2, 0.25) is 0 Å². The summed E-state index contributed by atoms with van der Waals surface area (Å²) in [6, 6.07) is 2.64. The van der Waals surface area contributed by atoms with Gasteiger partial charge in [0.25, 0.3) is 0 Å². The van der Waals surface area contributed by atoms with E-state index in [4.69, 9.17) is 4.74 Å². The van der Waals surface area contributed by atoms with E-state index in [1.807, 2.05) is 0 Å². The lowest BCUT2D eigenvalue weighted by Crippen LogP contribution is -2.58. The number of methoxy groups -OCH3 is 1. The molecular formula is C23H22F5N3O2. The first-order valence-corrected chi connectivity index (χ1v) is 10.1. The average molecular weight is 467 g/mol. The van der Waals surface area contributed by atoms with E-state index in [0.717, 1.165) is 12.1 Å². The SMILES string of the molecule is COc1ccc(F)c2c1C(C)(C)CC(O)(C(F)(F)F)C2Nc1ccc(F)c2nc(C)ncc12. The number of aromatic nitrogens is 2. The third kappa shape index (κ3) is 3.56. The Balaban J connectivity index is 2.00. The topological polar surface area (TPSA) is 67.3 Å². The summed E-state index contributed by atoms with van der Waals surface area (Å²) in [6.07, 6.45) is -4.61. The van der Waals surface area contributed by atoms with Crippen molar-refractivity contribution >= 4 is 16.6 Å². The summed E-state index contributed by atoms with van der Waals surface area (Å²) in [5.74, 6) is -1.15. The van der Waals surface area contributed by atoms with Gasteiger partial charge in [0.1, 0.15) is 28.7 Å². The summed E-state index contributed by atoms with van der Waals surface area (Å²) in [5.41, 5.74) is -4.86. The quantitative estimate of drug-likeness (QED) is 0.508. The molecule has 1 aromatic heterocycles. The molecular weight excluding hydrogens is 445 g/mol. The summed E-state index contributed by atoms with van der Waals surface area (Å²) in [7, 11) is 1.34. The molecule has 2 unspecified atom stereocenters. The van der Waals surface area contributed by atoms with Crippen molar-refractivity contribution < 1.29 is 31.8 Å². The second kappa shape index (κ2) is 7.51. The second-order valence-electron chi connectivity index (χ2n) is 8.87. The molecule has 0 spiro atoms. The monoisotopic (exact) mass is 467 g/mol. The number of benzene rings is 2. The van der Waals surface area contributed by atoms with E-state index in [1.54, 1.807) is 6.92 Å². The number of alkyl halides is 3. The van der Waals surface area contributed by atoms with Gasteiger partial charge in [-0.3, -0.25) is 0 Å². The molecule has 4 rings (SSSR count). The van der Waals surface area contributed by atoms with Crippen LogP contribution in [-0.2, 0) is 5.41 Å². The molecule has 0 radical (unpaired) electrons. The van der Waals surface area contributed by atoms with E-state index < -0.39 is 41.3 Å². The predicted molar refractivity (Wildman–Crippen MR) is 112 cm³/mol. The molecule has 0 fully saturated rings. The van der Waals surface area contributed by atoms with Gasteiger partial charge >= 0.3 is 6.18 Å². The van der Waals surface area contributed by atoms with Crippen molar-refractivity contribution in [3.05, 3.63) is 59.0 Å². The number of hydrogen-bond acceptors (Lipinski definition) is 5. The summed E-state index contributed by atoms with van der Waals surface area (Å²) < 4.78 is 77.9. The van der Waals surface area contributed by atoms with Crippen molar-refractivity contribution in [2.24, 2.45) is 0 Å². The first-order chi connectivity index (χ1) is 15.3. The van der Waals surface area contributed by atoms with Crippen molar-refractivity contribution in [3.63, 3.8) is 0 Å². The van der Waals surface area contributed by atoms with Crippen molar-refractivity contribution in [2.45, 2.75) is 50.4 Å². The van der Waals surface area contributed by atoms with E-state index in [9.17, 15) is 22.7 Å². The molecule has 0 bridgehead atoms. The molecule has 33 heavy (non-hydrogen) atoms. The lowest BCUT2D eigenvalue weighted by atomic mass is 9.63. The average Bonchev–Trinajstić information content (AvgIpc) is 2.72. The summed E-state index contributed by atoms with van der Waals surface area (Å²) in [4.78, 5) is 8.02. The van der Waals surface area contributed by atoms with Crippen LogP contribution in [0.4, 0.5) is 27.6 Å². The third-order valence-corrected chi connectivity index (χ3v) is 6.14. The second-order valence-corrected chi connectivity index (χ2v) is 8.87. The molecule has 0 amide bonds. The van der Waals surface area contributed by atoms with E-state index >= 15 is 4.39 Å². The van der Waals surface area contributed by atoms with Crippen LogP contribution in [0.1, 0.15) is 43.3 Å². The van der Waals surface area contributed by atoms with Gasteiger partial charge in [-0.2, -0.15) is 13.2 Å². The summed E-state index contributed by atoms with van der Waals surface area (Å²) >= 11 is 0. The molecule has 2 aromatic carbocycles. The van der Waals surface area contributed by atoms with Gasteiger partial charge in [0.15, 0.2) is 5.60 Å². The fourth-order valence-electron chi connectivity index (χ4n) is 4.74. The molecule has 3 aromatic rings. The number of hydrogen-bond donors (Lipinski definition) is 2. The zero-order valence-electron chi connectivity index (χ0n) is 18.3. The van der Waals surface area contributed by atoms with Crippen LogP contribution in [0.15, 0.2) is 30.5 Å². The van der Waals surface area contributed by atoms with Gasteiger partial charge in [0, 0.05) is 28.4 Å². The first-order valence-electron chi connectivity index (χ1n) is 10.1. The molecule has 176 valence electrons. The van der Waals surface area contributed by atoms with Gasteiger partial charge in [0.05, 0.1) is 13.2 Å². The Morgan fingerprint density at radius 2 is 1.79 bits per heavy atom. The Labute approximate surface area is 186 Å². The van der Waals surface area contributed by atoms with Gasteiger partial charge in [0.2, 0.25) is 0 Å². The Morgan fingerprint density at radius 1 is 1.12 bits per heavy atom. The number of nitrogens with one attached hydrogen (secondary N) is 1. The smallest absolute Gasteiger partial charge is 0.419 e. The number of fused-ring (bicyclic) bond motifs is 2. The van der Waals surface area contributed by atoms with Crippen LogP contribution >= 0.6 is 0 Å². The highest BCUT2D eigenvalue weighted by molar-refractivity contribution is 5.91. The summed E-state index contributed by atoms with van der Waals surface area (Å²) in [6.45, 7) is 4.53. The maximum Gasteiger partial charge on any atom is 0.419 e. The van der Waals surface area contributed by atoms with Crippen molar-refractivity contribution in [1.82, 2.24) is 9.97 Å². The molecule has 2 N–H and O–H groups in total. The highest BCUT2D eigenvalue weighted by atomic mass is 19.4. The lowest BCUT2D eigenvalue weighted by Gasteiger charge is -2.49. The van der Waals surface area contributed by atoms with Crippen LogP contribution in [0.3, 0.4) is 0 Å². The number of ether oxygens (including phenoxy) is 1. The number of rotatable bonds is 3. The Morgan fingerprint density at radius 3 is 2.42 bits per heavy atom. The fourth-order valence-corrected chi connectivity index (χ4v) is 4.74. The Kier molecular flexibility index (Phi) is 5.27. The molecule has 0 aliphatic heterocycles. The molecule has 1 aliphatic carbocycles. The lowest BCUT2D eigenvalue weighted by molar-refractivity contribution is -0.276. The number of anilines is 1. The molecule has 5 nitrogen and oxygen atoms in total. The molecule has 0 saturated carbocycles. The minimum absolute atomic E-state index is 0.0203. The van der Waals surface area contributed by atoms with E-state index in [-0.39, 0.29) is 39.3 Å². The highest BCUT2D eigenvalue weighted by Crippen LogP contribution is 2.57. The fraction of sp³-hybridized carbons (Fsp3) is 0.391. The predicted octanol–water partition coefficient (Wildman–Crippen LogP) is 5.35. The van der Waals surface area contributed by atoms with Crippen molar-refractivity contribution in [3.8, 4) is 5.75 Å². The first kappa shape index (κ1) is 23.2. The van der Waals surface area contributed by atoms with E-state index in [1.165, 1.54) is 39.3 Å². The van der Waals surface area contributed by atoms with Gasteiger partial charge < -0.3 is 15.2 Å². The Bertz CT molecular complexity index is 1240. The van der Waals surface area contributed by atoms with Crippen LogP contribution in [-0.4, -0.2) is 34.0 Å². The van der Waals surface area contributed by atoms with Gasteiger partial charge in [-0.1, -0.05) is 13.8 Å². The number of aryl methyl sites for hydroxylation is 1. The molecule has 1 heterocycles. The highest BCUT2D eigenvalue weighted by Gasteiger charge is 2.65. The third-order valence-electron chi connectivity index (χ3n) is 6.14. The molecule has 1 aliphatic rings. The molecule has 0 saturated heterocycles. The molecule has 10 heteroatoms. The maximum absolute atomic E-state index is 15.2. The van der Waals surface area contributed by atoms with Crippen LogP contribution in [0.5, 0.6) is 5.75 Å². The minimum Gasteiger partial charge on any atom is -0.496 e. The van der Waals surface area contributed by atoms with Crippen LogP contribution < -0.4 is 10.1 Å². The summed E-state index contributed by atoms with van der Waals surface area (Å²) in [5, 5.41) is 13.8. The standard InChI is InChI=1S/C23H22F5N3O2/c1-11-29-9-12-15(7-5-14(25)19(12)30-11)31-20-17-13(24)6-8-16(33-4)18(17)21(2,3)10-22(20,32)23(26,27)28/h5-9,20,31-32H,10H2,1-4H3. The van der Waals surface area contributed by atoms with Gasteiger partial charge in [-0.05, 0) is 43.0 Å². The zero-order valence-corrected chi connectivity index (χ0v) is 18.3. The zero-order chi connectivity index (χ0) is 24.3. The van der Waals surface area contributed by atoms with Crippen molar-refractivity contribution in [2.75, 3.05) is 12.4 Å². The number of aliphatic hydroxyl groups is 1. The maximum atomic E-state index is 15.2. The van der Waals surface area contributed by atoms with Crippen LogP contribution in [0.25, 0.3) is 10.9 Å². The normalized spacial score (nSPS) is 22.2. The van der Waals surface area contributed by atoms with Crippen molar-refractivity contribution in [1.29, 1.82) is 0 Å². The number of halogens is 5. The van der Waals surface area contributed by atoms with Gasteiger partial charge in [-0.25, -0.2) is 18.7 Å². The number of nitrogens with zero attached hydrogens (tertiary/aromatic N) is 2. The van der Waals surface area contributed by atoms with Gasteiger partial charge in [-0.15, -0.1) is 0 Å². The minimum atomic E-state index is -5.11. The molecule has 2 atom stereocenters. The largest absolute Gasteiger partial charge is 0.496 e. The van der Waals surface area contributed by atoms with E-state index in [2.05, 4.69) is 15.3 Å². The van der Waals surface area contributed by atoms with E-state index in [0.29, 0.717) is 0 Å². The Hall–Kier alpha value is -3.01.